The Kier molecular flexibility index (Phi) is 5.65. The van der Waals surface area contributed by atoms with Crippen LogP contribution in [0.5, 0.6) is 11.6 Å². The van der Waals surface area contributed by atoms with Gasteiger partial charge in [0, 0.05) is 12.3 Å². The van der Waals surface area contributed by atoms with E-state index in [0.717, 1.165) is 0 Å². The number of hydrogen-bond acceptors (Lipinski definition) is 6. The predicted octanol–water partition coefficient (Wildman–Crippen LogP) is 3.48. The van der Waals surface area contributed by atoms with Crippen LogP contribution >= 0.6 is 0 Å². The van der Waals surface area contributed by atoms with Gasteiger partial charge in [-0.15, -0.1) is 0 Å². The van der Waals surface area contributed by atoms with E-state index in [1.807, 2.05) is 0 Å². The maximum absolute atomic E-state index is 11.7. The molecule has 118 valence electrons. The van der Waals surface area contributed by atoms with Gasteiger partial charge in [0.15, 0.2) is 0 Å². The van der Waals surface area contributed by atoms with Gasteiger partial charge in [0.2, 0.25) is 5.88 Å². The van der Waals surface area contributed by atoms with Crippen molar-refractivity contribution in [3.05, 3.63) is 59.3 Å². The van der Waals surface area contributed by atoms with E-state index < -0.39 is 5.97 Å². The van der Waals surface area contributed by atoms with E-state index in [0.29, 0.717) is 23.5 Å². The van der Waals surface area contributed by atoms with Gasteiger partial charge in [-0.1, -0.05) is 12.1 Å². The minimum absolute atomic E-state index is 0.0208. The molecule has 0 atom stereocenters. The van der Waals surface area contributed by atoms with E-state index in [2.05, 4.69) is 4.98 Å². The third-order valence-electron chi connectivity index (χ3n) is 2.90. The van der Waals surface area contributed by atoms with E-state index in [-0.39, 0.29) is 11.5 Å². The predicted molar refractivity (Wildman–Crippen MR) is 85.9 cm³/mol. The van der Waals surface area contributed by atoms with Crippen LogP contribution in [0.2, 0.25) is 0 Å². The summed E-state index contributed by atoms with van der Waals surface area (Å²) in [5, 5.41) is 17.5. The minimum Gasteiger partial charge on any atom is -0.462 e. The molecule has 0 unspecified atom stereocenters. The van der Waals surface area contributed by atoms with Gasteiger partial charge < -0.3 is 9.47 Å². The number of benzene rings is 1. The van der Waals surface area contributed by atoms with Gasteiger partial charge in [-0.05, 0) is 36.8 Å². The molecule has 2 rings (SSSR count). The molecule has 0 aliphatic carbocycles. The van der Waals surface area contributed by atoms with Crippen molar-refractivity contribution in [3.63, 3.8) is 0 Å². The minimum atomic E-state index is -0.439. The van der Waals surface area contributed by atoms with Crippen molar-refractivity contribution in [1.82, 2.24) is 4.98 Å². The van der Waals surface area contributed by atoms with E-state index in [1.54, 1.807) is 49.4 Å². The van der Waals surface area contributed by atoms with Crippen molar-refractivity contribution in [2.24, 2.45) is 0 Å². The number of nitrogens with zero attached hydrogens (tertiary/aromatic N) is 3. The van der Waals surface area contributed by atoms with Crippen molar-refractivity contribution in [3.8, 4) is 23.8 Å². The molecule has 2 aromatic rings. The number of aromatic nitrogens is 1. The summed E-state index contributed by atoms with van der Waals surface area (Å²) < 4.78 is 10.5. The van der Waals surface area contributed by atoms with Gasteiger partial charge in [-0.3, -0.25) is 0 Å². The number of rotatable bonds is 5. The van der Waals surface area contributed by atoms with Crippen molar-refractivity contribution < 1.29 is 14.3 Å². The monoisotopic (exact) mass is 319 g/mol. The van der Waals surface area contributed by atoms with Crippen LogP contribution in [0.3, 0.4) is 0 Å². The topological polar surface area (TPSA) is 96.0 Å². The highest BCUT2D eigenvalue weighted by Crippen LogP contribution is 2.21. The standard InChI is InChI=1S/C18H13N3O3/c1-2-23-18(22)15-7-8-21-17(10-15)24-16-5-3-13(4-6-16)9-14(11-19)12-20/h3-10H,2H2,1H3. The first-order valence-electron chi connectivity index (χ1n) is 7.09. The van der Waals surface area contributed by atoms with Crippen LogP contribution in [0.1, 0.15) is 22.8 Å². The lowest BCUT2D eigenvalue weighted by Crippen LogP contribution is -2.04. The molecule has 1 heterocycles. The van der Waals surface area contributed by atoms with E-state index >= 15 is 0 Å². The van der Waals surface area contributed by atoms with Crippen LogP contribution in [-0.4, -0.2) is 17.6 Å². The van der Waals surface area contributed by atoms with Crippen LogP contribution in [-0.2, 0) is 4.74 Å². The van der Waals surface area contributed by atoms with Gasteiger partial charge in [-0.2, -0.15) is 10.5 Å². The van der Waals surface area contributed by atoms with Crippen molar-refractivity contribution in [2.45, 2.75) is 6.92 Å². The Morgan fingerprint density at radius 3 is 2.54 bits per heavy atom. The molecule has 24 heavy (non-hydrogen) atoms. The lowest BCUT2D eigenvalue weighted by Gasteiger charge is -2.06. The fourth-order valence-electron chi connectivity index (χ4n) is 1.82. The number of pyridine rings is 1. The van der Waals surface area contributed by atoms with E-state index in [1.165, 1.54) is 18.3 Å². The maximum atomic E-state index is 11.7. The second-order valence-electron chi connectivity index (χ2n) is 4.56. The first-order valence-corrected chi connectivity index (χ1v) is 7.09. The second kappa shape index (κ2) is 8.11. The number of ether oxygens (including phenoxy) is 2. The summed E-state index contributed by atoms with van der Waals surface area (Å²) in [5.41, 5.74) is 1.08. The Morgan fingerprint density at radius 2 is 1.92 bits per heavy atom. The van der Waals surface area contributed by atoms with Crippen molar-refractivity contribution in [2.75, 3.05) is 6.61 Å². The normalized spacial score (nSPS) is 9.29. The molecule has 0 spiro atoms. The summed E-state index contributed by atoms with van der Waals surface area (Å²) in [7, 11) is 0. The number of esters is 1. The van der Waals surface area contributed by atoms with Gasteiger partial charge >= 0.3 is 5.97 Å². The third-order valence-corrected chi connectivity index (χ3v) is 2.90. The van der Waals surface area contributed by atoms with Gasteiger partial charge in [0.1, 0.15) is 23.5 Å². The van der Waals surface area contributed by atoms with E-state index in [4.69, 9.17) is 20.0 Å². The van der Waals surface area contributed by atoms with E-state index in [9.17, 15) is 4.79 Å². The number of carbonyl (C=O) groups is 1. The average Bonchev–Trinajstić information content (AvgIpc) is 2.61. The van der Waals surface area contributed by atoms with Gasteiger partial charge in [-0.25, -0.2) is 9.78 Å². The quantitative estimate of drug-likeness (QED) is 0.618. The Balaban J connectivity index is 2.14. The Morgan fingerprint density at radius 1 is 1.21 bits per heavy atom. The molecule has 0 bridgehead atoms. The van der Waals surface area contributed by atoms with Gasteiger partial charge in [0.25, 0.3) is 0 Å². The molecular formula is C18H13N3O3. The Hall–Kier alpha value is -3.64. The Bertz CT molecular complexity index is 827. The molecule has 0 radical (unpaired) electrons. The second-order valence-corrected chi connectivity index (χ2v) is 4.56. The maximum Gasteiger partial charge on any atom is 0.338 e. The molecule has 0 aliphatic rings. The summed E-state index contributed by atoms with van der Waals surface area (Å²) in [6, 6.07) is 13.4. The smallest absolute Gasteiger partial charge is 0.338 e. The number of allylic oxidation sites excluding steroid dienone is 1. The first kappa shape index (κ1) is 16.7. The van der Waals surface area contributed by atoms with Crippen LogP contribution in [0.4, 0.5) is 0 Å². The zero-order chi connectivity index (χ0) is 17.4. The zero-order valence-electron chi connectivity index (χ0n) is 12.9. The zero-order valence-corrected chi connectivity index (χ0v) is 12.9. The highest BCUT2D eigenvalue weighted by molar-refractivity contribution is 5.89. The molecule has 1 aromatic heterocycles. The molecule has 1 aromatic carbocycles. The van der Waals surface area contributed by atoms with Gasteiger partial charge in [0.05, 0.1) is 12.2 Å². The molecule has 6 nitrogen and oxygen atoms in total. The fourth-order valence-corrected chi connectivity index (χ4v) is 1.82. The number of nitriles is 2. The Labute approximate surface area is 139 Å². The lowest BCUT2D eigenvalue weighted by atomic mass is 10.1. The van der Waals surface area contributed by atoms with Crippen molar-refractivity contribution >= 4 is 12.0 Å². The highest BCUT2D eigenvalue weighted by atomic mass is 16.5. The molecule has 0 aliphatic heterocycles. The number of hydrogen-bond donors (Lipinski definition) is 0. The molecule has 0 amide bonds. The average molecular weight is 319 g/mol. The third kappa shape index (κ3) is 4.43. The summed E-state index contributed by atoms with van der Waals surface area (Å²) in [6.45, 7) is 2.02. The summed E-state index contributed by atoms with van der Waals surface area (Å²) >= 11 is 0. The first-order chi connectivity index (χ1) is 11.7. The summed E-state index contributed by atoms with van der Waals surface area (Å²) in [6.07, 6.45) is 2.94. The number of carbonyl (C=O) groups excluding carboxylic acids is 1. The summed E-state index contributed by atoms with van der Waals surface area (Å²) in [5.74, 6) is 0.334. The van der Waals surface area contributed by atoms with Crippen LogP contribution in [0.25, 0.3) is 6.08 Å². The lowest BCUT2D eigenvalue weighted by molar-refractivity contribution is 0.0526. The van der Waals surface area contributed by atoms with Crippen molar-refractivity contribution in [1.29, 1.82) is 10.5 Å². The molecule has 0 N–H and O–H groups in total. The molecule has 0 saturated heterocycles. The summed E-state index contributed by atoms with van der Waals surface area (Å²) in [4.78, 5) is 15.7. The highest BCUT2D eigenvalue weighted by Gasteiger charge is 2.08. The largest absolute Gasteiger partial charge is 0.462 e. The molecule has 6 heteroatoms. The molecule has 0 saturated carbocycles. The van der Waals surface area contributed by atoms with Crippen LogP contribution in [0, 0.1) is 22.7 Å². The van der Waals surface area contributed by atoms with Crippen LogP contribution < -0.4 is 4.74 Å². The fraction of sp³-hybridized carbons (Fsp3) is 0.111. The molecular weight excluding hydrogens is 306 g/mol. The molecule has 0 fully saturated rings. The SMILES string of the molecule is CCOC(=O)c1ccnc(Oc2ccc(C=C(C#N)C#N)cc2)c1. The van der Waals surface area contributed by atoms with Crippen LogP contribution in [0.15, 0.2) is 48.2 Å².